The molecule has 0 unspecified atom stereocenters. The number of hydrogen-bond acceptors (Lipinski definition) is 3. The van der Waals surface area contributed by atoms with E-state index >= 15 is 0 Å². The zero-order chi connectivity index (χ0) is 20.4. The molecule has 0 saturated carbocycles. The third kappa shape index (κ3) is 7.01. The first-order valence-corrected chi connectivity index (χ1v) is 10.4. The van der Waals surface area contributed by atoms with Gasteiger partial charge in [-0.3, -0.25) is 4.79 Å². The highest BCUT2D eigenvalue weighted by Gasteiger charge is 2.20. The molecule has 0 aromatic heterocycles. The van der Waals surface area contributed by atoms with E-state index in [1.165, 1.54) is 5.56 Å². The van der Waals surface area contributed by atoms with Gasteiger partial charge in [0.1, 0.15) is 5.75 Å². The summed E-state index contributed by atoms with van der Waals surface area (Å²) in [6.45, 7) is 5.82. The third-order valence-corrected chi connectivity index (χ3v) is 4.91. The van der Waals surface area contributed by atoms with E-state index in [1.54, 1.807) is 11.0 Å². The Labute approximate surface area is 176 Å². The summed E-state index contributed by atoms with van der Waals surface area (Å²) in [6, 6.07) is 17.7. The van der Waals surface area contributed by atoms with E-state index in [4.69, 9.17) is 10.00 Å². The van der Waals surface area contributed by atoms with Crippen molar-refractivity contribution in [1.82, 2.24) is 4.90 Å². The van der Waals surface area contributed by atoms with E-state index in [2.05, 4.69) is 35.8 Å². The van der Waals surface area contributed by atoms with Gasteiger partial charge in [0.05, 0.1) is 24.7 Å². The van der Waals surface area contributed by atoms with E-state index in [-0.39, 0.29) is 5.91 Å². The molecule has 0 aliphatic heterocycles. The number of nitrogens with zero attached hydrogens (tertiary/aromatic N) is 2. The number of ether oxygens (including phenoxy) is 1. The van der Waals surface area contributed by atoms with Crippen molar-refractivity contribution in [3.63, 3.8) is 0 Å². The van der Waals surface area contributed by atoms with Gasteiger partial charge in [-0.1, -0.05) is 60.1 Å². The maximum atomic E-state index is 13.3. The van der Waals surface area contributed by atoms with Gasteiger partial charge in [-0.2, -0.15) is 5.26 Å². The van der Waals surface area contributed by atoms with Crippen LogP contribution in [-0.4, -0.2) is 30.5 Å². The van der Waals surface area contributed by atoms with Crippen molar-refractivity contribution in [2.45, 2.75) is 33.1 Å². The van der Waals surface area contributed by atoms with Crippen molar-refractivity contribution in [2.75, 3.05) is 19.7 Å². The standard InChI is InChI=1S/C23H27BrN2O2/c1-18(2)12-16-28-22-10-9-20(24)17-21(22)23(27)26(14-6-13-25)15-11-19-7-4-3-5-8-19/h3-5,7-10,17-18H,6,11-12,14-16H2,1-2H3. The largest absolute Gasteiger partial charge is 0.493 e. The summed E-state index contributed by atoms with van der Waals surface area (Å²) in [7, 11) is 0. The van der Waals surface area contributed by atoms with Crippen molar-refractivity contribution in [1.29, 1.82) is 5.26 Å². The quantitative estimate of drug-likeness (QED) is 0.489. The molecule has 4 nitrogen and oxygen atoms in total. The predicted octanol–water partition coefficient (Wildman–Crippen LogP) is 5.47. The number of carbonyl (C=O) groups excluding carboxylic acids is 1. The van der Waals surface area contributed by atoms with E-state index in [0.29, 0.717) is 43.3 Å². The predicted molar refractivity (Wildman–Crippen MR) is 115 cm³/mol. The zero-order valence-electron chi connectivity index (χ0n) is 16.5. The topological polar surface area (TPSA) is 53.3 Å². The highest BCUT2D eigenvalue weighted by atomic mass is 79.9. The molecule has 0 spiro atoms. The van der Waals surface area contributed by atoms with Gasteiger partial charge in [-0.15, -0.1) is 0 Å². The maximum absolute atomic E-state index is 13.3. The first-order valence-electron chi connectivity index (χ1n) is 9.63. The van der Waals surface area contributed by atoms with Gasteiger partial charge >= 0.3 is 0 Å². The number of hydrogen-bond donors (Lipinski definition) is 0. The molecule has 5 heteroatoms. The van der Waals surface area contributed by atoms with Crippen LogP contribution in [0.15, 0.2) is 53.0 Å². The fourth-order valence-electron chi connectivity index (χ4n) is 2.78. The van der Waals surface area contributed by atoms with Crippen LogP contribution >= 0.6 is 15.9 Å². The number of carbonyl (C=O) groups is 1. The van der Waals surface area contributed by atoms with Gasteiger partial charge in [0.25, 0.3) is 5.91 Å². The van der Waals surface area contributed by atoms with E-state index in [1.807, 2.05) is 42.5 Å². The Morgan fingerprint density at radius 2 is 1.93 bits per heavy atom. The SMILES string of the molecule is CC(C)CCOc1ccc(Br)cc1C(=O)N(CCC#N)CCc1ccccc1. The Bertz CT molecular complexity index is 800. The molecule has 0 radical (unpaired) electrons. The molecule has 148 valence electrons. The van der Waals surface area contributed by atoms with Crippen LogP contribution in [0.25, 0.3) is 0 Å². The molecule has 0 saturated heterocycles. The Morgan fingerprint density at radius 1 is 1.18 bits per heavy atom. The third-order valence-electron chi connectivity index (χ3n) is 4.42. The van der Waals surface area contributed by atoms with Gasteiger partial charge in [-0.05, 0) is 42.5 Å². The van der Waals surface area contributed by atoms with Crippen molar-refractivity contribution < 1.29 is 9.53 Å². The molecule has 2 aromatic carbocycles. The fourth-order valence-corrected chi connectivity index (χ4v) is 3.14. The lowest BCUT2D eigenvalue weighted by Crippen LogP contribution is -2.34. The lowest BCUT2D eigenvalue weighted by molar-refractivity contribution is 0.0756. The molecule has 28 heavy (non-hydrogen) atoms. The second kappa shape index (κ2) is 11.5. The second-order valence-electron chi connectivity index (χ2n) is 7.11. The molecule has 0 atom stereocenters. The number of benzene rings is 2. The van der Waals surface area contributed by atoms with Crippen LogP contribution in [0.4, 0.5) is 0 Å². The summed E-state index contributed by atoms with van der Waals surface area (Å²) in [5, 5.41) is 9.00. The summed E-state index contributed by atoms with van der Waals surface area (Å²) in [5.41, 5.74) is 1.70. The molecule has 0 N–H and O–H groups in total. The molecular weight excluding hydrogens is 416 g/mol. The van der Waals surface area contributed by atoms with Crippen LogP contribution in [0, 0.1) is 17.2 Å². The van der Waals surface area contributed by atoms with Crippen molar-refractivity contribution in [3.05, 3.63) is 64.1 Å². The Morgan fingerprint density at radius 3 is 2.61 bits per heavy atom. The average Bonchev–Trinajstić information content (AvgIpc) is 2.69. The molecule has 0 aliphatic rings. The minimum Gasteiger partial charge on any atom is -0.493 e. The molecule has 0 bridgehead atoms. The monoisotopic (exact) mass is 442 g/mol. The minimum atomic E-state index is -0.105. The maximum Gasteiger partial charge on any atom is 0.257 e. The summed E-state index contributed by atoms with van der Waals surface area (Å²) in [6.07, 6.45) is 1.98. The first kappa shape index (κ1) is 22.0. The lowest BCUT2D eigenvalue weighted by Gasteiger charge is -2.23. The zero-order valence-corrected chi connectivity index (χ0v) is 18.1. The van der Waals surface area contributed by atoms with Gasteiger partial charge < -0.3 is 9.64 Å². The first-order chi connectivity index (χ1) is 13.5. The van der Waals surface area contributed by atoms with E-state index in [9.17, 15) is 4.79 Å². The summed E-state index contributed by atoms with van der Waals surface area (Å²) >= 11 is 3.45. The highest BCUT2D eigenvalue weighted by molar-refractivity contribution is 9.10. The van der Waals surface area contributed by atoms with Crippen LogP contribution in [0.5, 0.6) is 5.75 Å². The summed E-state index contributed by atoms with van der Waals surface area (Å²) in [4.78, 5) is 15.0. The highest BCUT2D eigenvalue weighted by Crippen LogP contribution is 2.25. The molecule has 2 rings (SSSR count). The van der Waals surface area contributed by atoms with Gasteiger partial charge in [0, 0.05) is 17.6 Å². The van der Waals surface area contributed by atoms with Crippen LogP contribution < -0.4 is 4.74 Å². The summed E-state index contributed by atoms with van der Waals surface area (Å²) < 4.78 is 6.74. The Balaban J connectivity index is 2.17. The molecule has 0 fully saturated rings. The minimum absolute atomic E-state index is 0.105. The lowest BCUT2D eigenvalue weighted by atomic mass is 10.1. The van der Waals surface area contributed by atoms with Crippen LogP contribution in [0.2, 0.25) is 0 Å². The normalized spacial score (nSPS) is 10.5. The molecule has 2 aromatic rings. The fraction of sp³-hybridized carbons (Fsp3) is 0.391. The molecular formula is C23H27BrN2O2. The second-order valence-corrected chi connectivity index (χ2v) is 8.02. The smallest absolute Gasteiger partial charge is 0.257 e. The number of halogens is 1. The number of rotatable bonds is 10. The van der Waals surface area contributed by atoms with Crippen molar-refractivity contribution >= 4 is 21.8 Å². The van der Waals surface area contributed by atoms with E-state index < -0.39 is 0 Å². The molecule has 1 amide bonds. The number of amides is 1. The van der Waals surface area contributed by atoms with Gasteiger partial charge in [0.15, 0.2) is 0 Å². The van der Waals surface area contributed by atoms with Crippen LogP contribution in [0.1, 0.15) is 42.6 Å². The van der Waals surface area contributed by atoms with Crippen LogP contribution in [0.3, 0.4) is 0 Å². The summed E-state index contributed by atoms with van der Waals surface area (Å²) in [5.74, 6) is 1.02. The van der Waals surface area contributed by atoms with Crippen LogP contribution in [-0.2, 0) is 6.42 Å². The molecule has 0 aliphatic carbocycles. The van der Waals surface area contributed by atoms with E-state index in [0.717, 1.165) is 17.3 Å². The Hall–Kier alpha value is -2.32. The van der Waals surface area contributed by atoms with Gasteiger partial charge in [-0.25, -0.2) is 0 Å². The van der Waals surface area contributed by atoms with Crippen molar-refractivity contribution in [3.8, 4) is 11.8 Å². The van der Waals surface area contributed by atoms with Gasteiger partial charge in [0.2, 0.25) is 0 Å². The molecule has 0 heterocycles. The Kier molecular flexibility index (Phi) is 9.03. The number of nitriles is 1. The average molecular weight is 443 g/mol. The van der Waals surface area contributed by atoms with Crippen molar-refractivity contribution in [2.24, 2.45) is 5.92 Å².